The molecule has 1 atom stereocenters. The molecule has 3 rings (SSSR count). The highest BCUT2D eigenvalue weighted by Crippen LogP contribution is 2.32. The number of aryl methyl sites for hydroxylation is 1. The lowest BCUT2D eigenvalue weighted by Gasteiger charge is -2.28. The molecule has 3 nitrogen and oxygen atoms in total. The fourth-order valence-corrected chi connectivity index (χ4v) is 3.65. The molecule has 2 heterocycles. The smallest absolute Gasteiger partial charge is 0.186 e. The van der Waals surface area contributed by atoms with Crippen molar-refractivity contribution in [1.29, 1.82) is 0 Å². The van der Waals surface area contributed by atoms with E-state index in [1.807, 2.05) is 6.92 Å². The number of nitrogens with two attached hydrogens (primary N) is 1. The van der Waals surface area contributed by atoms with Crippen LogP contribution in [-0.4, -0.2) is 11.5 Å². The van der Waals surface area contributed by atoms with Gasteiger partial charge in [0.05, 0.1) is 5.69 Å². The maximum Gasteiger partial charge on any atom is 0.186 e. The van der Waals surface area contributed by atoms with Crippen molar-refractivity contribution in [1.82, 2.24) is 4.98 Å². The number of hydrogen-bond acceptors (Lipinski definition) is 4. The number of fused-ring (bicyclic) bond motifs is 1. The van der Waals surface area contributed by atoms with Crippen molar-refractivity contribution in [3.05, 3.63) is 46.0 Å². The molecule has 0 spiro atoms. The summed E-state index contributed by atoms with van der Waals surface area (Å²) in [5.41, 5.74) is 9.96. The largest absolute Gasteiger partial charge is 0.343 e. The highest BCUT2D eigenvalue weighted by atomic mass is 32.1. The van der Waals surface area contributed by atoms with Crippen LogP contribution in [0.1, 0.15) is 34.7 Å². The van der Waals surface area contributed by atoms with E-state index in [4.69, 9.17) is 10.7 Å². The first-order valence-electron chi connectivity index (χ1n) is 6.70. The van der Waals surface area contributed by atoms with Crippen molar-refractivity contribution in [3.8, 4) is 0 Å². The van der Waals surface area contributed by atoms with Crippen molar-refractivity contribution < 1.29 is 0 Å². The third kappa shape index (κ3) is 2.38. The molecule has 0 amide bonds. The van der Waals surface area contributed by atoms with Crippen molar-refractivity contribution in [2.24, 2.45) is 5.73 Å². The first-order chi connectivity index (χ1) is 9.15. The number of thiazole rings is 1. The van der Waals surface area contributed by atoms with E-state index in [0.29, 0.717) is 0 Å². The quantitative estimate of drug-likeness (QED) is 0.914. The van der Waals surface area contributed by atoms with Gasteiger partial charge in [-0.15, -0.1) is 11.3 Å². The minimum atomic E-state index is 0.0725. The number of aromatic nitrogens is 1. The van der Waals surface area contributed by atoms with Gasteiger partial charge in [-0.1, -0.05) is 24.3 Å². The van der Waals surface area contributed by atoms with Gasteiger partial charge in [-0.2, -0.15) is 0 Å². The standard InChI is InChI=1S/C15H19N3S/c1-10(16)14-11(2)17-15(19-14)18-8-7-12-5-3-4-6-13(12)9-18/h3-6,10H,7-9,16H2,1-2H3. The summed E-state index contributed by atoms with van der Waals surface area (Å²) < 4.78 is 0. The summed E-state index contributed by atoms with van der Waals surface area (Å²) in [7, 11) is 0. The van der Waals surface area contributed by atoms with Crippen LogP contribution in [0.4, 0.5) is 5.13 Å². The van der Waals surface area contributed by atoms with Crippen molar-refractivity contribution in [2.45, 2.75) is 32.9 Å². The van der Waals surface area contributed by atoms with Crippen LogP contribution in [-0.2, 0) is 13.0 Å². The maximum absolute atomic E-state index is 5.99. The number of hydrogen-bond donors (Lipinski definition) is 1. The van der Waals surface area contributed by atoms with Crippen LogP contribution < -0.4 is 10.6 Å². The third-order valence-electron chi connectivity index (χ3n) is 3.64. The topological polar surface area (TPSA) is 42.2 Å². The highest BCUT2D eigenvalue weighted by molar-refractivity contribution is 7.15. The molecule has 4 heteroatoms. The van der Waals surface area contributed by atoms with E-state index in [-0.39, 0.29) is 6.04 Å². The van der Waals surface area contributed by atoms with Gasteiger partial charge in [0.15, 0.2) is 5.13 Å². The molecule has 0 bridgehead atoms. The third-order valence-corrected chi connectivity index (χ3v) is 5.06. The number of anilines is 1. The summed E-state index contributed by atoms with van der Waals surface area (Å²) in [6, 6.07) is 8.75. The monoisotopic (exact) mass is 273 g/mol. The van der Waals surface area contributed by atoms with Gasteiger partial charge in [0.25, 0.3) is 0 Å². The number of rotatable bonds is 2. The molecule has 2 aromatic rings. The van der Waals surface area contributed by atoms with Gasteiger partial charge >= 0.3 is 0 Å². The van der Waals surface area contributed by atoms with E-state index in [2.05, 4.69) is 36.1 Å². The lowest BCUT2D eigenvalue weighted by atomic mass is 10.0. The van der Waals surface area contributed by atoms with Gasteiger partial charge in [-0.3, -0.25) is 0 Å². The van der Waals surface area contributed by atoms with Crippen LogP contribution in [0.25, 0.3) is 0 Å². The second-order valence-electron chi connectivity index (χ2n) is 5.18. The molecule has 1 aliphatic rings. The lowest BCUT2D eigenvalue weighted by molar-refractivity contribution is 0.727. The van der Waals surface area contributed by atoms with Gasteiger partial charge in [0, 0.05) is 24.0 Å². The molecular formula is C15H19N3S. The Labute approximate surface area is 118 Å². The van der Waals surface area contributed by atoms with Crippen molar-refractivity contribution >= 4 is 16.5 Å². The zero-order valence-electron chi connectivity index (χ0n) is 11.4. The maximum atomic E-state index is 5.99. The normalized spacial score (nSPS) is 16.3. The minimum absolute atomic E-state index is 0.0725. The Bertz CT molecular complexity index is 589. The Morgan fingerprint density at radius 2 is 2.05 bits per heavy atom. The zero-order chi connectivity index (χ0) is 13.4. The van der Waals surface area contributed by atoms with Gasteiger partial charge < -0.3 is 10.6 Å². The Kier molecular flexibility index (Phi) is 3.29. The summed E-state index contributed by atoms with van der Waals surface area (Å²) in [5, 5.41) is 1.11. The van der Waals surface area contributed by atoms with Crippen LogP contribution >= 0.6 is 11.3 Å². The SMILES string of the molecule is Cc1nc(N2CCc3ccccc3C2)sc1C(C)N. The zero-order valence-corrected chi connectivity index (χ0v) is 12.2. The van der Waals surface area contributed by atoms with E-state index in [1.165, 1.54) is 16.0 Å². The fourth-order valence-electron chi connectivity index (χ4n) is 2.61. The van der Waals surface area contributed by atoms with Crippen LogP contribution in [0.5, 0.6) is 0 Å². The van der Waals surface area contributed by atoms with E-state index < -0.39 is 0 Å². The van der Waals surface area contributed by atoms with E-state index >= 15 is 0 Å². The van der Waals surface area contributed by atoms with Crippen LogP contribution in [0, 0.1) is 6.92 Å². The number of benzene rings is 1. The Morgan fingerprint density at radius 1 is 1.32 bits per heavy atom. The molecule has 0 saturated heterocycles. The molecule has 2 N–H and O–H groups in total. The molecule has 19 heavy (non-hydrogen) atoms. The summed E-state index contributed by atoms with van der Waals surface area (Å²) in [6.45, 7) is 6.08. The molecule has 1 aromatic heterocycles. The van der Waals surface area contributed by atoms with Gasteiger partial charge in [-0.05, 0) is 31.4 Å². The number of nitrogens with zero attached hydrogens (tertiary/aromatic N) is 2. The molecule has 100 valence electrons. The molecule has 0 fully saturated rings. The van der Waals surface area contributed by atoms with Crippen LogP contribution in [0.15, 0.2) is 24.3 Å². The van der Waals surface area contributed by atoms with Gasteiger partial charge in [-0.25, -0.2) is 4.98 Å². The predicted octanol–water partition coefficient (Wildman–Crippen LogP) is 3.03. The fraction of sp³-hybridized carbons (Fsp3) is 0.400. The summed E-state index contributed by atoms with van der Waals surface area (Å²) in [4.78, 5) is 8.26. The Balaban J connectivity index is 1.87. The minimum Gasteiger partial charge on any atom is -0.343 e. The molecule has 1 aromatic carbocycles. The van der Waals surface area contributed by atoms with Gasteiger partial charge in [0.2, 0.25) is 0 Å². The second-order valence-corrected chi connectivity index (χ2v) is 6.18. The molecule has 0 radical (unpaired) electrons. The average molecular weight is 273 g/mol. The first-order valence-corrected chi connectivity index (χ1v) is 7.51. The predicted molar refractivity (Wildman–Crippen MR) is 80.6 cm³/mol. The summed E-state index contributed by atoms with van der Waals surface area (Å²) in [5.74, 6) is 0. The average Bonchev–Trinajstić information content (AvgIpc) is 2.80. The van der Waals surface area contributed by atoms with E-state index in [0.717, 1.165) is 30.3 Å². The Hall–Kier alpha value is -1.39. The molecule has 0 aliphatic carbocycles. The molecule has 1 aliphatic heterocycles. The molecular weight excluding hydrogens is 254 g/mol. The van der Waals surface area contributed by atoms with Crippen molar-refractivity contribution in [3.63, 3.8) is 0 Å². The molecule has 0 saturated carbocycles. The summed E-state index contributed by atoms with van der Waals surface area (Å²) in [6.07, 6.45) is 1.10. The van der Waals surface area contributed by atoms with Crippen LogP contribution in [0.3, 0.4) is 0 Å². The molecule has 1 unspecified atom stereocenters. The van der Waals surface area contributed by atoms with E-state index in [1.54, 1.807) is 11.3 Å². The highest BCUT2D eigenvalue weighted by Gasteiger charge is 2.20. The summed E-state index contributed by atoms with van der Waals surface area (Å²) >= 11 is 1.74. The lowest BCUT2D eigenvalue weighted by Crippen LogP contribution is -2.30. The van der Waals surface area contributed by atoms with Gasteiger partial charge in [0.1, 0.15) is 0 Å². The first kappa shape index (κ1) is 12.6. The van der Waals surface area contributed by atoms with Crippen molar-refractivity contribution in [2.75, 3.05) is 11.4 Å². The Morgan fingerprint density at radius 3 is 2.74 bits per heavy atom. The van der Waals surface area contributed by atoms with E-state index in [9.17, 15) is 0 Å². The van der Waals surface area contributed by atoms with Crippen LogP contribution in [0.2, 0.25) is 0 Å². The second kappa shape index (κ2) is 4.94.